The summed E-state index contributed by atoms with van der Waals surface area (Å²) in [5.41, 5.74) is 1.54. The maximum Gasteiger partial charge on any atom is 0.243 e. The first-order chi connectivity index (χ1) is 14.3. The minimum Gasteiger partial charge on any atom is -0.497 e. The Morgan fingerprint density at radius 2 is 1.73 bits per heavy atom. The van der Waals surface area contributed by atoms with Crippen molar-refractivity contribution in [3.05, 3.63) is 54.1 Å². The monoisotopic (exact) mass is 434 g/mol. The standard InChI is InChI=1S/C22H30N2O5S/c1-5-21(24(30(4,26)27)18-11-13-19(28-2)14-12-18)22(25)23-15-7-9-17-8-6-10-20(16-17)29-3/h6,8,10-14,16,21H,5,7,9,15H2,1-4H3,(H,23,25)/t21-/m1/s1. The van der Waals surface area contributed by atoms with Gasteiger partial charge in [0.25, 0.3) is 0 Å². The molecule has 164 valence electrons. The number of aryl methyl sites for hydroxylation is 1. The number of carbonyl (C=O) groups excluding carboxylic acids is 1. The lowest BCUT2D eigenvalue weighted by atomic mass is 10.1. The van der Waals surface area contributed by atoms with E-state index in [4.69, 9.17) is 9.47 Å². The van der Waals surface area contributed by atoms with Crippen LogP contribution in [0, 0.1) is 0 Å². The van der Waals surface area contributed by atoms with Crippen molar-refractivity contribution in [3.63, 3.8) is 0 Å². The number of hydrogen-bond acceptors (Lipinski definition) is 5. The van der Waals surface area contributed by atoms with Crippen LogP contribution in [0.4, 0.5) is 5.69 Å². The van der Waals surface area contributed by atoms with Crippen LogP contribution in [0.15, 0.2) is 48.5 Å². The number of hydrogen-bond donors (Lipinski definition) is 1. The lowest BCUT2D eigenvalue weighted by molar-refractivity contribution is -0.122. The minimum atomic E-state index is -3.66. The zero-order chi connectivity index (χ0) is 22.1. The van der Waals surface area contributed by atoms with E-state index in [0.29, 0.717) is 24.4 Å². The molecule has 2 rings (SSSR count). The van der Waals surface area contributed by atoms with Crippen LogP contribution in [0.5, 0.6) is 11.5 Å². The van der Waals surface area contributed by atoms with E-state index in [0.717, 1.165) is 30.4 Å². The molecule has 0 aromatic heterocycles. The summed E-state index contributed by atoms with van der Waals surface area (Å²) in [4.78, 5) is 12.8. The molecule has 0 radical (unpaired) electrons. The highest BCUT2D eigenvalue weighted by Gasteiger charge is 2.31. The number of nitrogens with zero attached hydrogens (tertiary/aromatic N) is 1. The molecule has 8 heteroatoms. The number of anilines is 1. The topological polar surface area (TPSA) is 84.9 Å². The molecule has 0 aliphatic heterocycles. The van der Waals surface area contributed by atoms with Crippen LogP contribution in [-0.4, -0.2) is 47.4 Å². The molecule has 0 saturated heterocycles. The Labute approximate surface area is 179 Å². The van der Waals surface area contributed by atoms with E-state index in [1.165, 1.54) is 11.4 Å². The first kappa shape index (κ1) is 23.5. The lowest BCUT2D eigenvalue weighted by Gasteiger charge is -2.30. The molecule has 0 unspecified atom stereocenters. The summed E-state index contributed by atoms with van der Waals surface area (Å²) < 4.78 is 36.5. The van der Waals surface area contributed by atoms with E-state index in [1.807, 2.05) is 24.3 Å². The van der Waals surface area contributed by atoms with Gasteiger partial charge < -0.3 is 14.8 Å². The number of nitrogens with one attached hydrogen (secondary N) is 1. The van der Waals surface area contributed by atoms with E-state index in [9.17, 15) is 13.2 Å². The molecule has 0 aliphatic rings. The average molecular weight is 435 g/mol. The van der Waals surface area contributed by atoms with Gasteiger partial charge in [-0.2, -0.15) is 0 Å². The molecule has 0 fully saturated rings. The number of methoxy groups -OCH3 is 2. The normalized spacial score (nSPS) is 12.1. The van der Waals surface area contributed by atoms with Gasteiger partial charge in [0.2, 0.25) is 15.9 Å². The van der Waals surface area contributed by atoms with E-state index in [2.05, 4.69) is 5.32 Å². The molecular weight excluding hydrogens is 404 g/mol. The third-order valence-electron chi connectivity index (χ3n) is 4.73. The molecule has 0 bridgehead atoms. The molecule has 0 heterocycles. The van der Waals surface area contributed by atoms with Crippen LogP contribution in [-0.2, 0) is 21.2 Å². The van der Waals surface area contributed by atoms with Gasteiger partial charge in [0.15, 0.2) is 0 Å². The highest BCUT2D eigenvalue weighted by Crippen LogP contribution is 2.25. The van der Waals surface area contributed by atoms with Gasteiger partial charge in [-0.25, -0.2) is 8.42 Å². The molecular formula is C22H30N2O5S. The number of benzene rings is 2. The van der Waals surface area contributed by atoms with Gasteiger partial charge >= 0.3 is 0 Å². The second kappa shape index (κ2) is 10.9. The van der Waals surface area contributed by atoms with Crippen LogP contribution in [0.2, 0.25) is 0 Å². The molecule has 0 saturated carbocycles. The zero-order valence-corrected chi connectivity index (χ0v) is 18.7. The van der Waals surface area contributed by atoms with Crippen molar-refractivity contribution in [1.82, 2.24) is 5.32 Å². The van der Waals surface area contributed by atoms with Gasteiger partial charge in [-0.05, 0) is 61.2 Å². The second-order valence-electron chi connectivity index (χ2n) is 6.93. The summed E-state index contributed by atoms with van der Waals surface area (Å²) in [5, 5.41) is 2.88. The zero-order valence-electron chi connectivity index (χ0n) is 17.9. The Balaban J connectivity index is 2.04. The molecule has 30 heavy (non-hydrogen) atoms. The molecule has 1 amide bonds. The van der Waals surface area contributed by atoms with Crippen molar-refractivity contribution in [2.75, 3.05) is 31.3 Å². The average Bonchev–Trinajstić information content (AvgIpc) is 2.74. The highest BCUT2D eigenvalue weighted by atomic mass is 32.2. The highest BCUT2D eigenvalue weighted by molar-refractivity contribution is 7.92. The Morgan fingerprint density at radius 3 is 2.30 bits per heavy atom. The van der Waals surface area contributed by atoms with Crippen molar-refractivity contribution in [2.45, 2.75) is 32.2 Å². The van der Waals surface area contributed by atoms with Crippen LogP contribution < -0.4 is 19.1 Å². The predicted molar refractivity (Wildman–Crippen MR) is 119 cm³/mol. The maximum atomic E-state index is 12.8. The quantitative estimate of drug-likeness (QED) is 0.550. The van der Waals surface area contributed by atoms with Crippen molar-refractivity contribution in [1.29, 1.82) is 0 Å². The largest absolute Gasteiger partial charge is 0.497 e. The predicted octanol–water partition coefficient (Wildman–Crippen LogP) is 3.00. The van der Waals surface area contributed by atoms with Crippen molar-refractivity contribution in [2.24, 2.45) is 0 Å². The van der Waals surface area contributed by atoms with E-state index in [1.54, 1.807) is 38.3 Å². The van der Waals surface area contributed by atoms with Gasteiger partial charge in [-0.15, -0.1) is 0 Å². The molecule has 0 aliphatic carbocycles. The van der Waals surface area contributed by atoms with E-state index in [-0.39, 0.29) is 5.91 Å². The summed E-state index contributed by atoms with van der Waals surface area (Å²) in [6.07, 6.45) is 2.97. The van der Waals surface area contributed by atoms with Gasteiger partial charge in [0, 0.05) is 6.54 Å². The number of sulfonamides is 1. The second-order valence-corrected chi connectivity index (χ2v) is 8.79. The van der Waals surface area contributed by atoms with Crippen molar-refractivity contribution < 1.29 is 22.7 Å². The Kier molecular flexibility index (Phi) is 8.53. The van der Waals surface area contributed by atoms with Gasteiger partial charge in [-0.1, -0.05) is 19.1 Å². The van der Waals surface area contributed by atoms with Crippen LogP contribution in [0.1, 0.15) is 25.3 Å². The van der Waals surface area contributed by atoms with E-state index >= 15 is 0 Å². The van der Waals surface area contributed by atoms with Crippen LogP contribution in [0.25, 0.3) is 0 Å². The first-order valence-electron chi connectivity index (χ1n) is 9.84. The third kappa shape index (κ3) is 6.38. The third-order valence-corrected chi connectivity index (χ3v) is 5.91. The van der Waals surface area contributed by atoms with Gasteiger partial charge in [0.05, 0.1) is 26.2 Å². The molecule has 1 N–H and O–H groups in total. The fourth-order valence-corrected chi connectivity index (χ4v) is 4.45. The molecule has 1 atom stereocenters. The van der Waals surface area contributed by atoms with Gasteiger partial charge in [-0.3, -0.25) is 9.10 Å². The number of amides is 1. The molecule has 2 aromatic carbocycles. The summed E-state index contributed by atoms with van der Waals surface area (Å²) >= 11 is 0. The minimum absolute atomic E-state index is 0.315. The smallest absolute Gasteiger partial charge is 0.243 e. The number of rotatable bonds is 11. The number of ether oxygens (including phenoxy) is 2. The van der Waals surface area contributed by atoms with Crippen molar-refractivity contribution in [3.8, 4) is 11.5 Å². The SMILES string of the molecule is CC[C@H](C(=O)NCCCc1cccc(OC)c1)N(c1ccc(OC)cc1)S(C)(=O)=O. The fourth-order valence-electron chi connectivity index (χ4n) is 3.24. The molecule has 2 aromatic rings. The summed E-state index contributed by atoms with van der Waals surface area (Å²) in [7, 11) is -0.493. The van der Waals surface area contributed by atoms with Crippen LogP contribution in [0.3, 0.4) is 0 Å². The summed E-state index contributed by atoms with van der Waals surface area (Å²) in [5.74, 6) is 1.09. The first-order valence-corrected chi connectivity index (χ1v) is 11.7. The lowest BCUT2D eigenvalue weighted by Crippen LogP contribution is -2.49. The summed E-state index contributed by atoms with van der Waals surface area (Å²) in [6.45, 7) is 2.24. The summed E-state index contributed by atoms with van der Waals surface area (Å²) in [6, 6.07) is 13.6. The Hall–Kier alpha value is -2.74. The fraction of sp³-hybridized carbons (Fsp3) is 0.409. The maximum absolute atomic E-state index is 12.8. The van der Waals surface area contributed by atoms with E-state index < -0.39 is 16.1 Å². The molecule has 7 nitrogen and oxygen atoms in total. The van der Waals surface area contributed by atoms with Crippen molar-refractivity contribution >= 4 is 21.6 Å². The van der Waals surface area contributed by atoms with Gasteiger partial charge in [0.1, 0.15) is 17.5 Å². The Bertz CT molecular complexity index is 929. The number of carbonyl (C=O) groups is 1. The van der Waals surface area contributed by atoms with Crippen LogP contribution >= 0.6 is 0 Å². The molecule has 0 spiro atoms. The Morgan fingerprint density at radius 1 is 1.07 bits per heavy atom.